The second-order valence-corrected chi connectivity index (χ2v) is 8.17. The van der Waals surface area contributed by atoms with E-state index in [2.05, 4.69) is 16.9 Å². The van der Waals surface area contributed by atoms with Crippen LogP contribution in [0, 0.1) is 5.92 Å². The Morgan fingerprint density at radius 1 is 1.18 bits per heavy atom. The summed E-state index contributed by atoms with van der Waals surface area (Å²) in [5.41, 5.74) is 2.31. The number of rotatable bonds is 9. The molecule has 0 radical (unpaired) electrons. The molecule has 0 saturated heterocycles. The van der Waals surface area contributed by atoms with E-state index in [0.717, 1.165) is 17.0 Å². The summed E-state index contributed by atoms with van der Waals surface area (Å²) >= 11 is 6.02. The summed E-state index contributed by atoms with van der Waals surface area (Å²) in [5, 5.41) is 3.47. The van der Waals surface area contributed by atoms with Crippen LogP contribution in [0.2, 0.25) is 5.02 Å². The van der Waals surface area contributed by atoms with Crippen molar-refractivity contribution in [1.82, 2.24) is 14.5 Å². The second-order valence-electron chi connectivity index (χ2n) is 7.73. The average Bonchev–Trinajstić information content (AvgIpc) is 3.22. The maximum Gasteiger partial charge on any atom is 0.246 e. The molecular formula is C25H27ClN4O3. The summed E-state index contributed by atoms with van der Waals surface area (Å²) in [6, 6.07) is 14.7. The Hall–Kier alpha value is -3.58. The average molecular weight is 467 g/mol. The number of benzene rings is 2. The Morgan fingerprint density at radius 3 is 2.42 bits per heavy atom. The first-order chi connectivity index (χ1) is 15.8. The van der Waals surface area contributed by atoms with E-state index in [4.69, 9.17) is 16.3 Å². The molecule has 0 fully saturated rings. The van der Waals surface area contributed by atoms with Gasteiger partial charge in [-0.05, 0) is 36.4 Å². The summed E-state index contributed by atoms with van der Waals surface area (Å²) in [6.07, 6.45) is 3.44. The van der Waals surface area contributed by atoms with Gasteiger partial charge in [-0.25, -0.2) is 4.98 Å². The van der Waals surface area contributed by atoms with Gasteiger partial charge in [0.05, 0.1) is 12.8 Å². The Labute approximate surface area is 198 Å². The molecule has 0 bridgehead atoms. The molecule has 0 spiro atoms. The number of aromatic nitrogens is 2. The minimum Gasteiger partial charge on any atom is -0.497 e. The Bertz CT molecular complexity index is 1120. The van der Waals surface area contributed by atoms with E-state index in [1.165, 1.54) is 4.90 Å². The fourth-order valence-electron chi connectivity index (χ4n) is 3.26. The van der Waals surface area contributed by atoms with Crippen molar-refractivity contribution in [3.63, 3.8) is 0 Å². The van der Waals surface area contributed by atoms with Crippen molar-refractivity contribution in [2.45, 2.75) is 13.8 Å². The van der Waals surface area contributed by atoms with Crippen molar-refractivity contribution in [3.8, 4) is 22.7 Å². The van der Waals surface area contributed by atoms with Crippen LogP contribution >= 0.6 is 11.6 Å². The van der Waals surface area contributed by atoms with Crippen molar-refractivity contribution in [2.75, 3.05) is 25.5 Å². The summed E-state index contributed by atoms with van der Waals surface area (Å²) in [5.74, 6) is 0.357. The van der Waals surface area contributed by atoms with Gasteiger partial charge in [-0.2, -0.15) is 0 Å². The van der Waals surface area contributed by atoms with E-state index < -0.39 is 0 Å². The lowest BCUT2D eigenvalue weighted by Crippen LogP contribution is -2.40. The van der Waals surface area contributed by atoms with Crippen molar-refractivity contribution < 1.29 is 14.3 Å². The molecule has 0 saturated carbocycles. The molecule has 8 heteroatoms. The third kappa shape index (κ3) is 6.02. The third-order valence-electron chi connectivity index (χ3n) is 4.94. The fraction of sp³-hybridized carbons (Fsp3) is 0.240. The molecule has 2 aromatic carbocycles. The number of methoxy groups -OCH3 is 1. The van der Waals surface area contributed by atoms with Gasteiger partial charge in [0.2, 0.25) is 17.8 Å². The molecule has 1 heterocycles. The molecule has 1 N–H and O–H groups in total. The van der Waals surface area contributed by atoms with Crippen LogP contribution in [0.15, 0.2) is 67.4 Å². The zero-order valence-corrected chi connectivity index (χ0v) is 19.7. The van der Waals surface area contributed by atoms with Gasteiger partial charge in [0.1, 0.15) is 12.3 Å². The number of nitrogens with zero attached hydrogens (tertiary/aromatic N) is 3. The van der Waals surface area contributed by atoms with Crippen LogP contribution in [0.5, 0.6) is 5.75 Å². The normalized spacial score (nSPS) is 10.7. The van der Waals surface area contributed by atoms with Gasteiger partial charge < -0.3 is 9.64 Å². The second kappa shape index (κ2) is 10.8. The molecule has 0 unspecified atom stereocenters. The third-order valence-corrected chi connectivity index (χ3v) is 5.19. The molecule has 0 aliphatic heterocycles. The molecule has 33 heavy (non-hydrogen) atoms. The predicted molar refractivity (Wildman–Crippen MR) is 131 cm³/mol. The summed E-state index contributed by atoms with van der Waals surface area (Å²) in [4.78, 5) is 31.4. The lowest BCUT2D eigenvalue weighted by atomic mass is 10.2. The maximum atomic E-state index is 12.9. The van der Waals surface area contributed by atoms with Crippen LogP contribution in [0.1, 0.15) is 13.8 Å². The number of anilines is 1. The number of ether oxygens (including phenoxy) is 1. The zero-order chi connectivity index (χ0) is 24.0. The molecule has 3 aromatic rings. The van der Waals surface area contributed by atoms with Gasteiger partial charge in [-0.1, -0.05) is 43.7 Å². The number of amides is 2. The largest absolute Gasteiger partial charge is 0.497 e. The van der Waals surface area contributed by atoms with Crippen LogP contribution in [0.4, 0.5) is 5.95 Å². The Kier molecular flexibility index (Phi) is 7.90. The number of carbonyl (C=O) groups is 2. The van der Waals surface area contributed by atoms with Crippen LogP contribution < -0.4 is 10.1 Å². The van der Waals surface area contributed by atoms with Gasteiger partial charge in [0.25, 0.3) is 0 Å². The van der Waals surface area contributed by atoms with Crippen LogP contribution in [-0.2, 0) is 9.59 Å². The van der Waals surface area contributed by atoms with Gasteiger partial charge in [-0.15, -0.1) is 6.58 Å². The predicted octanol–water partition coefficient (Wildman–Crippen LogP) is 4.81. The molecule has 172 valence electrons. The highest BCUT2D eigenvalue weighted by Gasteiger charge is 2.21. The molecule has 3 rings (SSSR count). The lowest BCUT2D eigenvalue weighted by molar-refractivity contribution is -0.136. The van der Waals surface area contributed by atoms with Crippen molar-refractivity contribution in [3.05, 3.63) is 72.4 Å². The molecular weight excluding hydrogens is 440 g/mol. The lowest BCUT2D eigenvalue weighted by Gasteiger charge is -2.22. The standard InChI is InChI=1S/C25H27ClN4O3/c1-5-14-29(24(32)17(2)3)16-23(31)28-25-27-22(18-6-8-19(26)9-7-18)15-30(25)20-10-12-21(33-4)13-11-20/h5-13,15,17H,1,14,16H2,2-4H3,(H,27,28,31). The van der Waals surface area contributed by atoms with Gasteiger partial charge in [0.15, 0.2) is 0 Å². The molecule has 2 amide bonds. The first kappa shape index (κ1) is 24.1. The van der Waals surface area contributed by atoms with Crippen LogP contribution in [-0.4, -0.2) is 46.5 Å². The summed E-state index contributed by atoms with van der Waals surface area (Å²) in [6.45, 7) is 7.46. The number of carbonyl (C=O) groups excluding carboxylic acids is 2. The summed E-state index contributed by atoms with van der Waals surface area (Å²) < 4.78 is 7.02. The molecule has 7 nitrogen and oxygen atoms in total. The topological polar surface area (TPSA) is 76.5 Å². The number of nitrogens with one attached hydrogen (secondary N) is 1. The van der Waals surface area contributed by atoms with E-state index in [9.17, 15) is 9.59 Å². The fourth-order valence-corrected chi connectivity index (χ4v) is 3.38. The van der Waals surface area contributed by atoms with Crippen LogP contribution in [0.25, 0.3) is 16.9 Å². The van der Waals surface area contributed by atoms with Gasteiger partial charge in [0, 0.05) is 34.9 Å². The number of imidazole rings is 1. The van der Waals surface area contributed by atoms with Crippen molar-refractivity contribution in [2.24, 2.45) is 5.92 Å². The minimum absolute atomic E-state index is 0.102. The van der Waals surface area contributed by atoms with E-state index in [0.29, 0.717) is 16.7 Å². The quantitative estimate of drug-likeness (QED) is 0.459. The number of hydrogen-bond donors (Lipinski definition) is 1. The monoisotopic (exact) mass is 466 g/mol. The zero-order valence-electron chi connectivity index (χ0n) is 18.9. The molecule has 0 atom stereocenters. The van der Waals surface area contributed by atoms with Crippen molar-refractivity contribution >= 4 is 29.4 Å². The molecule has 1 aromatic heterocycles. The Balaban J connectivity index is 1.92. The number of hydrogen-bond acceptors (Lipinski definition) is 4. The molecule has 0 aliphatic carbocycles. The van der Waals surface area contributed by atoms with E-state index in [1.54, 1.807) is 43.7 Å². The number of halogens is 1. The smallest absolute Gasteiger partial charge is 0.246 e. The van der Waals surface area contributed by atoms with Gasteiger partial charge in [-0.3, -0.25) is 19.5 Å². The van der Waals surface area contributed by atoms with E-state index in [1.807, 2.05) is 42.6 Å². The summed E-state index contributed by atoms with van der Waals surface area (Å²) in [7, 11) is 1.60. The highest BCUT2D eigenvalue weighted by atomic mass is 35.5. The Morgan fingerprint density at radius 2 is 1.85 bits per heavy atom. The van der Waals surface area contributed by atoms with Crippen LogP contribution in [0.3, 0.4) is 0 Å². The maximum absolute atomic E-state index is 12.9. The first-order valence-electron chi connectivity index (χ1n) is 10.5. The first-order valence-corrected chi connectivity index (χ1v) is 10.9. The molecule has 0 aliphatic rings. The highest BCUT2D eigenvalue weighted by Crippen LogP contribution is 2.26. The minimum atomic E-state index is -0.353. The van der Waals surface area contributed by atoms with E-state index >= 15 is 0 Å². The SMILES string of the molecule is C=CCN(CC(=O)Nc1nc(-c2ccc(Cl)cc2)cn1-c1ccc(OC)cc1)C(=O)C(C)C. The van der Waals surface area contributed by atoms with E-state index in [-0.39, 0.29) is 30.8 Å². The van der Waals surface area contributed by atoms with Crippen molar-refractivity contribution in [1.29, 1.82) is 0 Å². The van der Waals surface area contributed by atoms with Gasteiger partial charge >= 0.3 is 0 Å². The highest BCUT2D eigenvalue weighted by molar-refractivity contribution is 6.30.